The van der Waals surface area contributed by atoms with Gasteiger partial charge in [0.05, 0.1) is 35.3 Å². The van der Waals surface area contributed by atoms with Gasteiger partial charge in [-0.05, 0) is 50.5 Å². The standard InChI is InChI=1S/C24H27N7O/c1-15-13-29(24-20-8-9-25-12-23(20)28(3)27-24)22-10-17(4-7-21(22)31(15)16(2)32)18-11-26-30(14-18)19-5-6-19/h4,7-12,14-16,19,32H,5-6,13H2,1-3H3/t15-,16?/m0/s1. The molecule has 8 heteroatoms. The normalized spacial score (nSPS) is 19.4. The van der Waals surface area contributed by atoms with Gasteiger partial charge in [-0.25, -0.2) is 0 Å². The van der Waals surface area contributed by atoms with Crippen LogP contribution in [-0.2, 0) is 7.05 Å². The number of nitrogens with zero attached hydrogens (tertiary/aromatic N) is 7. The lowest BCUT2D eigenvalue weighted by molar-refractivity contribution is 0.178. The highest BCUT2D eigenvalue weighted by Gasteiger charge is 2.33. The van der Waals surface area contributed by atoms with Crippen LogP contribution in [0, 0.1) is 0 Å². The number of hydrogen-bond acceptors (Lipinski definition) is 6. The van der Waals surface area contributed by atoms with Crippen LogP contribution in [0.1, 0.15) is 32.7 Å². The highest BCUT2D eigenvalue weighted by molar-refractivity contribution is 5.95. The van der Waals surface area contributed by atoms with Crippen LogP contribution < -0.4 is 9.80 Å². The molecule has 8 nitrogen and oxygen atoms in total. The fraction of sp³-hybridized carbons (Fsp3) is 0.375. The van der Waals surface area contributed by atoms with Crippen molar-refractivity contribution in [1.29, 1.82) is 0 Å². The molecule has 164 valence electrons. The van der Waals surface area contributed by atoms with E-state index in [1.54, 1.807) is 0 Å². The zero-order valence-electron chi connectivity index (χ0n) is 18.5. The van der Waals surface area contributed by atoms with Crippen molar-refractivity contribution in [2.24, 2.45) is 7.05 Å². The second-order valence-corrected chi connectivity index (χ2v) is 8.98. The lowest BCUT2D eigenvalue weighted by atomic mass is 10.0. The van der Waals surface area contributed by atoms with E-state index in [0.29, 0.717) is 6.04 Å². The van der Waals surface area contributed by atoms with Gasteiger partial charge < -0.3 is 14.9 Å². The van der Waals surface area contributed by atoms with Crippen LogP contribution in [0.2, 0.25) is 0 Å². The number of pyridine rings is 1. The van der Waals surface area contributed by atoms with Crippen LogP contribution in [0.3, 0.4) is 0 Å². The molecule has 1 saturated carbocycles. The second-order valence-electron chi connectivity index (χ2n) is 8.98. The van der Waals surface area contributed by atoms with Crippen molar-refractivity contribution in [3.8, 4) is 11.1 Å². The highest BCUT2D eigenvalue weighted by Crippen LogP contribution is 2.44. The average molecular weight is 430 g/mol. The van der Waals surface area contributed by atoms with Crippen molar-refractivity contribution >= 4 is 28.1 Å². The minimum Gasteiger partial charge on any atom is -0.374 e. The van der Waals surface area contributed by atoms with E-state index < -0.39 is 6.23 Å². The Morgan fingerprint density at radius 2 is 1.94 bits per heavy atom. The zero-order valence-corrected chi connectivity index (χ0v) is 18.5. The van der Waals surface area contributed by atoms with Gasteiger partial charge in [-0.2, -0.15) is 10.2 Å². The van der Waals surface area contributed by atoms with Crippen LogP contribution in [0.25, 0.3) is 22.0 Å². The third kappa shape index (κ3) is 2.97. The van der Waals surface area contributed by atoms with E-state index in [2.05, 4.69) is 55.9 Å². The summed E-state index contributed by atoms with van der Waals surface area (Å²) in [5.41, 5.74) is 5.26. The SMILES string of the molecule is CC(O)N1c2ccc(-c3cnn(C4CC4)c3)cc2N(c2nn(C)c3cnccc23)C[C@@H]1C. The molecule has 0 saturated heterocycles. The van der Waals surface area contributed by atoms with Crippen molar-refractivity contribution in [3.05, 3.63) is 49.1 Å². The largest absolute Gasteiger partial charge is 0.374 e. The monoisotopic (exact) mass is 429 g/mol. The molecular weight excluding hydrogens is 402 g/mol. The van der Waals surface area contributed by atoms with Crippen molar-refractivity contribution in [3.63, 3.8) is 0 Å². The topological polar surface area (TPSA) is 75.2 Å². The molecule has 1 unspecified atom stereocenters. The third-order valence-electron chi connectivity index (χ3n) is 6.61. The summed E-state index contributed by atoms with van der Waals surface area (Å²) in [6.07, 6.45) is 9.59. The number of benzene rings is 1. The van der Waals surface area contributed by atoms with Crippen LogP contribution in [0.4, 0.5) is 17.2 Å². The van der Waals surface area contributed by atoms with Gasteiger partial charge in [0.2, 0.25) is 0 Å². The molecule has 0 bridgehead atoms. The van der Waals surface area contributed by atoms with E-state index in [1.807, 2.05) is 43.3 Å². The number of aryl methyl sites for hydroxylation is 1. The molecule has 1 aliphatic carbocycles. The van der Waals surface area contributed by atoms with Gasteiger partial charge in [-0.3, -0.25) is 14.3 Å². The van der Waals surface area contributed by atoms with Gasteiger partial charge in [-0.1, -0.05) is 6.07 Å². The highest BCUT2D eigenvalue weighted by atomic mass is 16.3. The summed E-state index contributed by atoms with van der Waals surface area (Å²) in [7, 11) is 1.95. The average Bonchev–Trinajstić information content (AvgIpc) is 3.42. The first-order valence-electron chi connectivity index (χ1n) is 11.2. The molecule has 3 aromatic heterocycles. The van der Waals surface area contributed by atoms with Gasteiger partial charge in [-0.15, -0.1) is 0 Å². The van der Waals surface area contributed by atoms with Crippen molar-refractivity contribution < 1.29 is 5.11 Å². The van der Waals surface area contributed by atoms with Crippen LogP contribution in [-0.4, -0.2) is 48.5 Å². The van der Waals surface area contributed by atoms with Crippen LogP contribution in [0.5, 0.6) is 0 Å². The van der Waals surface area contributed by atoms with Crippen molar-refractivity contribution in [2.75, 3.05) is 16.3 Å². The molecule has 4 heterocycles. The molecule has 1 N–H and O–H groups in total. The lowest BCUT2D eigenvalue weighted by Gasteiger charge is -2.44. The second kappa shape index (κ2) is 7.06. The number of aromatic nitrogens is 5. The first-order valence-corrected chi connectivity index (χ1v) is 11.2. The predicted octanol–water partition coefficient (Wildman–Crippen LogP) is 3.85. The first kappa shape index (κ1) is 19.3. The quantitative estimate of drug-likeness (QED) is 0.531. The molecule has 1 fully saturated rings. The fourth-order valence-electron chi connectivity index (χ4n) is 4.90. The summed E-state index contributed by atoms with van der Waals surface area (Å²) in [5, 5.41) is 21.1. The number of anilines is 3. The maximum Gasteiger partial charge on any atom is 0.163 e. The zero-order chi connectivity index (χ0) is 22.0. The summed E-state index contributed by atoms with van der Waals surface area (Å²) >= 11 is 0. The van der Waals surface area contributed by atoms with Crippen molar-refractivity contribution in [2.45, 2.75) is 45.0 Å². The molecule has 2 aliphatic rings. The number of fused-ring (bicyclic) bond motifs is 2. The molecule has 0 spiro atoms. The Hall–Kier alpha value is -3.39. The van der Waals surface area contributed by atoms with E-state index in [0.717, 1.165) is 45.8 Å². The molecular formula is C24H27N7O. The van der Waals surface area contributed by atoms with E-state index in [-0.39, 0.29) is 6.04 Å². The molecule has 6 rings (SSSR count). The predicted molar refractivity (Wildman–Crippen MR) is 125 cm³/mol. The molecule has 0 amide bonds. The third-order valence-corrected chi connectivity index (χ3v) is 6.61. The van der Waals surface area contributed by atoms with Gasteiger partial charge in [0.1, 0.15) is 6.23 Å². The lowest BCUT2D eigenvalue weighted by Crippen LogP contribution is -2.50. The van der Waals surface area contributed by atoms with Gasteiger partial charge in [0.15, 0.2) is 5.82 Å². The number of aliphatic hydroxyl groups is 1. The summed E-state index contributed by atoms with van der Waals surface area (Å²) in [5.74, 6) is 0.911. The Balaban J connectivity index is 1.51. The maximum atomic E-state index is 10.6. The molecule has 0 radical (unpaired) electrons. The van der Waals surface area contributed by atoms with Crippen LogP contribution in [0.15, 0.2) is 49.1 Å². The Morgan fingerprint density at radius 1 is 1.09 bits per heavy atom. The molecule has 32 heavy (non-hydrogen) atoms. The first-order chi connectivity index (χ1) is 15.5. The molecule has 2 atom stereocenters. The molecule has 4 aromatic rings. The molecule has 1 aromatic carbocycles. The van der Waals surface area contributed by atoms with Gasteiger partial charge in [0, 0.05) is 43.0 Å². The van der Waals surface area contributed by atoms with Gasteiger partial charge in [0.25, 0.3) is 0 Å². The van der Waals surface area contributed by atoms with Crippen molar-refractivity contribution in [1.82, 2.24) is 24.5 Å². The summed E-state index contributed by atoms with van der Waals surface area (Å²) in [6, 6.07) is 9.13. The molecule has 1 aliphatic heterocycles. The van der Waals surface area contributed by atoms with Crippen LogP contribution >= 0.6 is 0 Å². The minimum atomic E-state index is -0.584. The summed E-state index contributed by atoms with van der Waals surface area (Å²) in [6.45, 7) is 4.69. The Labute approximate surface area is 186 Å². The van der Waals surface area contributed by atoms with E-state index in [4.69, 9.17) is 5.10 Å². The van der Waals surface area contributed by atoms with Gasteiger partial charge >= 0.3 is 0 Å². The minimum absolute atomic E-state index is 0.116. The Kier molecular flexibility index (Phi) is 4.26. The summed E-state index contributed by atoms with van der Waals surface area (Å²) < 4.78 is 3.96. The number of hydrogen-bond donors (Lipinski definition) is 1. The fourth-order valence-corrected chi connectivity index (χ4v) is 4.90. The Bertz CT molecular complexity index is 1300. The van der Waals surface area contributed by atoms with E-state index >= 15 is 0 Å². The van der Waals surface area contributed by atoms with E-state index in [1.165, 1.54) is 12.8 Å². The smallest absolute Gasteiger partial charge is 0.163 e. The maximum absolute atomic E-state index is 10.6. The number of rotatable bonds is 4. The number of aliphatic hydroxyl groups excluding tert-OH is 1. The Morgan fingerprint density at radius 3 is 2.72 bits per heavy atom. The van der Waals surface area contributed by atoms with E-state index in [9.17, 15) is 5.11 Å². The summed E-state index contributed by atoms with van der Waals surface area (Å²) in [4.78, 5) is 8.63.